The van der Waals surface area contributed by atoms with Crippen molar-refractivity contribution in [2.75, 3.05) is 0 Å². The highest BCUT2D eigenvalue weighted by Gasteiger charge is 2.07. The molecule has 0 bridgehead atoms. The first-order valence-electron chi connectivity index (χ1n) is 6.04. The van der Waals surface area contributed by atoms with Crippen LogP contribution in [0.3, 0.4) is 0 Å². The minimum absolute atomic E-state index is 0.276. The Morgan fingerprint density at radius 3 is 2.95 bits per heavy atom. The van der Waals surface area contributed by atoms with Crippen LogP contribution < -0.4 is 4.74 Å². The summed E-state index contributed by atoms with van der Waals surface area (Å²) < 4.78 is 7.75. The molecule has 0 unspecified atom stereocenters. The highest BCUT2D eigenvalue weighted by Crippen LogP contribution is 2.23. The summed E-state index contributed by atoms with van der Waals surface area (Å²) in [6.07, 6.45) is 3.40. The van der Waals surface area contributed by atoms with Gasteiger partial charge in [-0.2, -0.15) is 0 Å². The molecule has 4 heteroatoms. The Hall–Kier alpha value is -2.49. The number of fused-ring (bicyclic) bond motifs is 1. The maximum absolute atomic E-state index is 9.49. The smallest absolute Gasteiger partial charge is 0.138 e. The largest absolute Gasteiger partial charge is 0.508 e. The zero-order chi connectivity index (χ0) is 13.2. The van der Waals surface area contributed by atoms with Crippen molar-refractivity contribution in [2.45, 2.75) is 6.61 Å². The van der Waals surface area contributed by atoms with Crippen molar-refractivity contribution in [1.29, 1.82) is 0 Å². The Balaban J connectivity index is 1.87. The van der Waals surface area contributed by atoms with Crippen LogP contribution in [-0.2, 0) is 13.7 Å². The average Bonchev–Trinajstić information content (AvgIpc) is 2.74. The zero-order valence-corrected chi connectivity index (χ0v) is 10.6. The van der Waals surface area contributed by atoms with Crippen molar-refractivity contribution in [3.8, 4) is 11.5 Å². The normalized spacial score (nSPS) is 10.8. The fourth-order valence-corrected chi connectivity index (χ4v) is 2.12. The van der Waals surface area contributed by atoms with Gasteiger partial charge in [-0.05, 0) is 36.4 Å². The standard InChI is InChI=1S/C15H14N2O2/c1-17-12(10-19-14-3-2-6-16-9-14)7-11-8-13(18)4-5-15(11)17/h2-9,18H,10H2,1H3. The van der Waals surface area contributed by atoms with Gasteiger partial charge in [0.2, 0.25) is 0 Å². The van der Waals surface area contributed by atoms with Gasteiger partial charge in [-0.1, -0.05) is 0 Å². The number of pyridine rings is 1. The quantitative estimate of drug-likeness (QED) is 0.781. The predicted octanol–water partition coefficient (Wildman–Crippen LogP) is 2.86. The van der Waals surface area contributed by atoms with Crippen molar-refractivity contribution in [3.05, 3.63) is 54.5 Å². The van der Waals surface area contributed by atoms with E-state index in [4.69, 9.17) is 4.74 Å². The summed E-state index contributed by atoms with van der Waals surface area (Å²) in [5, 5.41) is 10.5. The number of benzene rings is 1. The van der Waals surface area contributed by atoms with Gasteiger partial charge in [0.25, 0.3) is 0 Å². The molecule has 3 rings (SSSR count). The molecule has 2 aromatic heterocycles. The first-order chi connectivity index (χ1) is 9.24. The summed E-state index contributed by atoms with van der Waals surface area (Å²) >= 11 is 0. The van der Waals surface area contributed by atoms with Gasteiger partial charge in [0.1, 0.15) is 18.1 Å². The van der Waals surface area contributed by atoms with Gasteiger partial charge in [-0.25, -0.2) is 0 Å². The molecule has 0 fully saturated rings. The molecular formula is C15H14N2O2. The minimum atomic E-state index is 0.276. The summed E-state index contributed by atoms with van der Waals surface area (Å²) in [6, 6.07) is 11.1. The van der Waals surface area contributed by atoms with E-state index in [1.165, 1.54) is 0 Å². The molecule has 96 valence electrons. The lowest BCUT2D eigenvalue weighted by atomic mass is 10.2. The van der Waals surface area contributed by atoms with Gasteiger partial charge in [0.15, 0.2) is 0 Å². The summed E-state index contributed by atoms with van der Waals surface area (Å²) in [4.78, 5) is 4.01. The summed E-state index contributed by atoms with van der Waals surface area (Å²) in [7, 11) is 1.99. The Bertz CT molecular complexity index is 705. The number of phenolic OH excluding ortho intramolecular Hbond substituents is 1. The van der Waals surface area contributed by atoms with Gasteiger partial charge >= 0.3 is 0 Å². The number of aryl methyl sites for hydroxylation is 1. The lowest BCUT2D eigenvalue weighted by Gasteiger charge is -2.06. The topological polar surface area (TPSA) is 47.3 Å². The number of nitrogens with zero attached hydrogens (tertiary/aromatic N) is 2. The van der Waals surface area contributed by atoms with Crippen LogP contribution in [0.15, 0.2) is 48.8 Å². The molecule has 1 aromatic carbocycles. The third-order valence-electron chi connectivity index (χ3n) is 3.15. The lowest BCUT2D eigenvalue weighted by Crippen LogP contribution is -2.01. The van der Waals surface area contributed by atoms with Crippen LogP contribution in [0, 0.1) is 0 Å². The van der Waals surface area contributed by atoms with E-state index in [2.05, 4.69) is 9.55 Å². The van der Waals surface area contributed by atoms with Gasteiger partial charge in [-0.15, -0.1) is 0 Å². The van der Waals surface area contributed by atoms with Crippen molar-refractivity contribution in [2.24, 2.45) is 7.05 Å². The average molecular weight is 254 g/mol. The van der Waals surface area contributed by atoms with E-state index < -0.39 is 0 Å². The number of hydrogen-bond acceptors (Lipinski definition) is 3. The van der Waals surface area contributed by atoms with Gasteiger partial charge in [0, 0.05) is 24.1 Å². The van der Waals surface area contributed by atoms with Gasteiger partial charge in [-0.3, -0.25) is 4.98 Å². The number of hydrogen-bond donors (Lipinski definition) is 1. The van der Waals surface area contributed by atoms with Crippen molar-refractivity contribution in [3.63, 3.8) is 0 Å². The van der Waals surface area contributed by atoms with E-state index in [1.807, 2.05) is 31.3 Å². The van der Waals surface area contributed by atoms with Crippen molar-refractivity contribution < 1.29 is 9.84 Å². The summed E-state index contributed by atoms with van der Waals surface area (Å²) in [6.45, 7) is 0.470. The van der Waals surface area contributed by atoms with E-state index in [-0.39, 0.29) is 5.75 Å². The van der Waals surface area contributed by atoms with E-state index in [9.17, 15) is 5.11 Å². The molecular weight excluding hydrogens is 240 g/mol. The molecule has 19 heavy (non-hydrogen) atoms. The highest BCUT2D eigenvalue weighted by atomic mass is 16.5. The van der Waals surface area contributed by atoms with Gasteiger partial charge < -0.3 is 14.4 Å². The monoisotopic (exact) mass is 254 g/mol. The number of phenols is 1. The van der Waals surface area contributed by atoms with E-state index in [0.29, 0.717) is 6.61 Å². The van der Waals surface area contributed by atoms with Crippen LogP contribution in [-0.4, -0.2) is 14.7 Å². The Morgan fingerprint density at radius 1 is 1.26 bits per heavy atom. The Labute approximate surface area is 110 Å². The fourth-order valence-electron chi connectivity index (χ4n) is 2.12. The molecule has 1 N–H and O–H groups in total. The maximum Gasteiger partial charge on any atom is 0.138 e. The summed E-state index contributed by atoms with van der Waals surface area (Å²) in [5.41, 5.74) is 2.12. The van der Waals surface area contributed by atoms with Crippen LogP contribution in [0.1, 0.15) is 5.69 Å². The predicted molar refractivity (Wildman–Crippen MR) is 73.2 cm³/mol. The van der Waals surface area contributed by atoms with Crippen molar-refractivity contribution >= 4 is 10.9 Å². The third-order valence-corrected chi connectivity index (χ3v) is 3.15. The third kappa shape index (κ3) is 2.25. The lowest BCUT2D eigenvalue weighted by molar-refractivity contribution is 0.296. The van der Waals surface area contributed by atoms with E-state index in [0.717, 1.165) is 22.3 Å². The van der Waals surface area contributed by atoms with Gasteiger partial charge in [0.05, 0.1) is 11.9 Å². The first-order valence-corrected chi connectivity index (χ1v) is 6.04. The number of ether oxygens (including phenoxy) is 1. The Kier molecular flexibility index (Phi) is 2.83. The molecule has 0 aliphatic heterocycles. The number of aromatic hydroxyl groups is 1. The molecule has 0 aliphatic rings. The molecule has 0 amide bonds. The second kappa shape index (κ2) is 4.65. The number of rotatable bonds is 3. The SMILES string of the molecule is Cn1c(COc2cccnc2)cc2cc(O)ccc21. The summed E-state index contributed by atoms with van der Waals surface area (Å²) in [5.74, 6) is 1.02. The fraction of sp³-hybridized carbons (Fsp3) is 0.133. The van der Waals surface area contributed by atoms with Crippen LogP contribution in [0.25, 0.3) is 10.9 Å². The first kappa shape index (κ1) is 11.6. The second-order valence-electron chi connectivity index (χ2n) is 4.42. The molecule has 0 saturated heterocycles. The maximum atomic E-state index is 9.49. The zero-order valence-electron chi connectivity index (χ0n) is 10.6. The molecule has 4 nitrogen and oxygen atoms in total. The molecule has 0 atom stereocenters. The Morgan fingerprint density at radius 2 is 2.16 bits per heavy atom. The minimum Gasteiger partial charge on any atom is -0.508 e. The molecule has 3 aromatic rings. The molecule has 2 heterocycles. The van der Waals surface area contributed by atoms with Crippen LogP contribution in [0.2, 0.25) is 0 Å². The van der Waals surface area contributed by atoms with E-state index >= 15 is 0 Å². The molecule has 0 saturated carbocycles. The van der Waals surface area contributed by atoms with Crippen LogP contribution >= 0.6 is 0 Å². The second-order valence-corrected chi connectivity index (χ2v) is 4.42. The molecule has 0 radical (unpaired) electrons. The number of aromatic nitrogens is 2. The highest BCUT2D eigenvalue weighted by molar-refractivity contribution is 5.82. The molecule has 0 aliphatic carbocycles. The van der Waals surface area contributed by atoms with Crippen LogP contribution in [0.4, 0.5) is 0 Å². The van der Waals surface area contributed by atoms with E-state index in [1.54, 1.807) is 24.5 Å². The van der Waals surface area contributed by atoms with Crippen molar-refractivity contribution in [1.82, 2.24) is 9.55 Å². The van der Waals surface area contributed by atoms with Crippen LogP contribution in [0.5, 0.6) is 11.5 Å². The molecule has 0 spiro atoms.